The molecule has 1 fully saturated rings. The maximum Gasteiger partial charge on any atom is 0.161 e. The number of aliphatic hydroxyl groups is 1. The van der Waals surface area contributed by atoms with Crippen molar-refractivity contribution < 1.29 is 19.3 Å². The second-order valence-electron chi connectivity index (χ2n) is 4.89. The summed E-state index contributed by atoms with van der Waals surface area (Å²) in [6.45, 7) is 3.10. The third kappa shape index (κ3) is 3.85. The van der Waals surface area contributed by atoms with Gasteiger partial charge >= 0.3 is 0 Å². The highest BCUT2D eigenvalue weighted by atomic mass is 16.5. The van der Waals surface area contributed by atoms with Gasteiger partial charge in [-0.25, -0.2) is 0 Å². The first-order chi connectivity index (χ1) is 9.20. The molecule has 1 aliphatic heterocycles. The van der Waals surface area contributed by atoms with Crippen LogP contribution in [0.25, 0.3) is 0 Å². The predicted molar refractivity (Wildman–Crippen MR) is 72.7 cm³/mol. The van der Waals surface area contributed by atoms with Crippen LogP contribution in [-0.2, 0) is 4.74 Å². The van der Waals surface area contributed by atoms with Crippen LogP contribution in [0.3, 0.4) is 0 Å². The van der Waals surface area contributed by atoms with Gasteiger partial charge in [-0.2, -0.15) is 0 Å². The molecule has 0 bridgehead atoms. The molecule has 4 heteroatoms. The van der Waals surface area contributed by atoms with E-state index in [0.717, 1.165) is 25.0 Å². The van der Waals surface area contributed by atoms with Gasteiger partial charge < -0.3 is 19.3 Å². The van der Waals surface area contributed by atoms with E-state index in [1.807, 2.05) is 18.2 Å². The molecule has 0 amide bonds. The predicted octanol–water partition coefficient (Wildman–Crippen LogP) is 2.70. The van der Waals surface area contributed by atoms with Gasteiger partial charge in [-0.05, 0) is 43.9 Å². The number of hydrogen-bond acceptors (Lipinski definition) is 4. The third-order valence-electron chi connectivity index (χ3n) is 3.37. The molecule has 0 saturated carbocycles. The monoisotopic (exact) mass is 266 g/mol. The summed E-state index contributed by atoms with van der Waals surface area (Å²) in [5.74, 6) is 1.34. The van der Waals surface area contributed by atoms with Crippen molar-refractivity contribution in [2.24, 2.45) is 0 Å². The van der Waals surface area contributed by atoms with Gasteiger partial charge in [0.1, 0.15) is 6.61 Å². The fourth-order valence-electron chi connectivity index (χ4n) is 2.18. The minimum absolute atomic E-state index is 0.176. The summed E-state index contributed by atoms with van der Waals surface area (Å²) in [6.07, 6.45) is 3.06. The Bertz CT molecular complexity index is 397. The van der Waals surface area contributed by atoms with Crippen molar-refractivity contribution >= 4 is 0 Å². The summed E-state index contributed by atoms with van der Waals surface area (Å²) in [5, 5.41) is 9.55. The molecule has 106 valence electrons. The molecule has 19 heavy (non-hydrogen) atoms. The number of rotatable bonds is 5. The van der Waals surface area contributed by atoms with E-state index in [2.05, 4.69) is 0 Å². The van der Waals surface area contributed by atoms with Crippen molar-refractivity contribution in [3.05, 3.63) is 23.8 Å². The average molecular weight is 266 g/mol. The van der Waals surface area contributed by atoms with Crippen molar-refractivity contribution in [3.63, 3.8) is 0 Å². The number of hydrogen-bond donors (Lipinski definition) is 1. The number of ether oxygens (including phenoxy) is 3. The van der Waals surface area contributed by atoms with Gasteiger partial charge in [0.25, 0.3) is 0 Å². The molecule has 0 radical (unpaired) electrons. The number of benzene rings is 1. The lowest BCUT2D eigenvalue weighted by Crippen LogP contribution is -2.25. The molecule has 1 aromatic rings. The zero-order valence-electron chi connectivity index (χ0n) is 11.6. The van der Waals surface area contributed by atoms with E-state index < -0.39 is 6.10 Å². The lowest BCUT2D eigenvalue weighted by Gasteiger charge is -2.23. The Morgan fingerprint density at radius 2 is 2.21 bits per heavy atom. The van der Waals surface area contributed by atoms with Crippen LogP contribution in [0.2, 0.25) is 0 Å². The Morgan fingerprint density at radius 3 is 2.84 bits per heavy atom. The minimum atomic E-state index is -0.510. The summed E-state index contributed by atoms with van der Waals surface area (Å²) in [5.41, 5.74) is 0.818. The van der Waals surface area contributed by atoms with Crippen LogP contribution in [0.4, 0.5) is 0 Å². The molecule has 1 N–H and O–H groups in total. The van der Waals surface area contributed by atoms with Gasteiger partial charge in [-0.1, -0.05) is 6.07 Å². The van der Waals surface area contributed by atoms with E-state index in [1.165, 1.54) is 6.42 Å². The molecule has 0 aromatic heterocycles. The molecule has 1 heterocycles. The van der Waals surface area contributed by atoms with Gasteiger partial charge in [0.2, 0.25) is 0 Å². The lowest BCUT2D eigenvalue weighted by atomic mass is 10.1. The van der Waals surface area contributed by atoms with E-state index in [4.69, 9.17) is 14.2 Å². The summed E-state index contributed by atoms with van der Waals surface area (Å²) in [7, 11) is 1.60. The third-order valence-corrected chi connectivity index (χ3v) is 3.37. The van der Waals surface area contributed by atoms with Crippen LogP contribution in [0.5, 0.6) is 11.5 Å². The molecule has 1 aromatic carbocycles. The van der Waals surface area contributed by atoms with Crippen LogP contribution in [-0.4, -0.2) is 31.5 Å². The van der Waals surface area contributed by atoms with Gasteiger partial charge in [0.05, 0.1) is 19.3 Å². The summed E-state index contributed by atoms with van der Waals surface area (Å²) >= 11 is 0. The number of methoxy groups -OCH3 is 1. The largest absolute Gasteiger partial charge is 0.493 e. The van der Waals surface area contributed by atoms with Crippen molar-refractivity contribution in [2.75, 3.05) is 20.3 Å². The second-order valence-corrected chi connectivity index (χ2v) is 4.89. The Kier molecular flexibility index (Phi) is 5.05. The number of aliphatic hydroxyl groups excluding tert-OH is 1. The Labute approximate surface area is 114 Å². The zero-order valence-corrected chi connectivity index (χ0v) is 11.6. The second kappa shape index (κ2) is 6.78. The first kappa shape index (κ1) is 14.2. The van der Waals surface area contributed by atoms with Crippen LogP contribution in [0, 0.1) is 0 Å². The van der Waals surface area contributed by atoms with Gasteiger partial charge in [0.15, 0.2) is 11.5 Å². The molecule has 0 aliphatic carbocycles. The topological polar surface area (TPSA) is 47.9 Å². The Balaban J connectivity index is 1.98. The van der Waals surface area contributed by atoms with Crippen LogP contribution >= 0.6 is 0 Å². The first-order valence-electron chi connectivity index (χ1n) is 6.81. The Hall–Kier alpha value is -1.26. The molecule has 2 atom stereocenters. The highest BCUT2D eigenvalue weighted by Crippen LogP contribution is 2.30. The van der Waals surface area contributed by atoms with Crippen molar-refractivity contribution in [2.45, 2.75) is 38.4 Å². The molecule has 1 saturated heterocycles. The molecule has 2 rings (SSSR count). The minimum Gasteiger partial charge on any atom is -0.493 e. The summed E-state index contributed by atoms with van der Waals surface area (Å²) < 4.78 is 16.7. The zero-order chi connectivity index (χ0) is 13.7. The maximum absolute atomic E-state index is 9.55. The van der Waals surface area contributed by atoms with Crippen molar-refractivity contribution in [1.82, 2.24) is 0 Å². The molecule has 1 aliphatic rings. The average Bonchev–Trinajstić information content (AvgIpc) is 2.45. The molecular formula is C15H22O4. The van der Waals surface area contributed by atoms with E-state index >= 15 is 0 Å². The quantitative estimate of drug-likeness (QED) is 0.890. The SMILES string of the molecule is COc1cc(C(C)O)ccc1OCC1CCCCO1. The normalized spacial score (nSPS) is 20.9. The van der Waals surface area contributed by atoms with Crippen LogP contribution in [0.15, 0.2) is 18.2 Å². The van der Waals surface area contributed by atoms with E-state index in [9.17, 15) is 5.11 Å². The first-order valence-corrected chi connectivity index (χ1v) is 6.81. The lowest BCUT2D eigenvalue weighted by molar-refractivity contribution is -0.0115. The van der Waals surface area contributed by atoms with E-state index in [-0.39, 0.29) is 6.10 Å². The standard InChI is InChI=1S/C15H22O4/c1-11(16)12-6-7-14(15(9-12)17-2)19-10-13-5-3-4-8-18-13/h6-7,9,11,13,16H,3-5,8,10H2,1-2H3. The van der Waals surface area contributed by atoms with E-state index in [0.29, 0.717) is 18.1 Å². The molecule has 4 nitrogen and oxygen atoms in total. The van der Waals surface area contributed by atoms with Gasteiger partial charge in [-0.3, -0.25) is 0 Å². The van der Waals surface area contributed by atoms with Crippen molar-refractivity contribution in [3.8, 4) is 11.5 Å². The molecule has 2 unspecified atom stereocenters. The molecular weight excluding hydrogens is 244 g/mol. The molecule has 0 spiro atoms. The smallest absolute Gasteiger partial charge is 0.161 e. The van der Waals surface area contributed by atoms with Crippen molar-refractivity contribution in [1.29, 1.82) is 0 Å². The fraction of sp³-hybridized carbons (Fsp3) is 0.600. The summed E-state index contributed by atoms with van der Waals surface area (Å²) in [4.78, 5) is 0. The van der Waals surface area contributed by atoms with E-state index in [1.54, 1.807) is 14.0 Å². The summed E-state index contributed by atoms with van der Waals surface area (Å²) in [6, 6.07) is 5.50. The van der Waals surface area contributed by atoms with Crippen LogP contribution in [0.1, 0.15) is 37.9 Å². The van der Waals surface area contributed by atoms with Gasteiger partial charge in [-0.15, -0.1) is 0 Å². The van der Waals surface area contributed by atoms with Crippen LogP contribution < -0.4 is 9.47 Å². The highest BCUT2D eigenvalue weighted by molar-refractivity contribution is 5.43. The maximum atomic E-state index is 9.55. The Morgan fingerprint density at radius 1 is 1.37 bits per heavy atom. The highest BCUT2D eigenvalue weighted by Gasteiger charge is 2.16. The fourth-order valence-corrected chi connectivity index (χ4v) is 2.18. The van der Waals surface area contributed by atoms with Gasteiger partial charge in [0, 0.05) is 6.61 Å².